The van der Waals surface area contributed by atoms with Crippen LogP contribution in [0.15, 0.2) is 53.7 Å². The van der Waals surface area contributed by atoms with Crippen LogP contribution in [0.4, 0.5) is 14.5 Å². The van der Waals surface area contributed by atoms with E-state index in [9.17, 15) is 13.6 Å². The van der Waals surface area contributed by atoms with Crippen molar-refractivity contribution in [1.29, 1.82) is 0 Å². The third kappa shape index (κ3) is 6.29. The van der Waals surface area contributed by atoms with Crippen molar-refractivity contribution in [3.8, 4) is 5.75 Å². The minimum Gasteiger partial charge on any atom is -0.434 e. The second-order valence-electron chi connectivity index (χ2n) is 4.90. The van der Waals surface area contributed by atoms with Gasteiger partial charge in [-0.1, -0.05) is 23.4 Å². The number of para-hydroxylation sites is 1. The maximum atomic E-state index is 12.3. The predicted molar refractivity (Wildman–Crippen MR) is 99.0 cm³/mol. The Kier molecular flexibility index (Phi) is 7.11. The van der Waals surface area contributed by atoms with E-state index in [2.05, 4.69) is 37.8 Å². The molecule has 1 unspecified atom stereocenters. The molecule has 1 amide bonds. The molecule has 2 aromatic carbocycles. The first-order valence-electron chi connectivity index (χ1n) is 7.25. The van der Waals surface area contributed by atoms with Gasteiger partial charge in [-0.05, 0) is 59.8 Å². The van der Waals surface area contributed by atoms with Gasteiger partial charge >= 0.3 is 6.61 Å². The lowest BCUT2D eigenvalue weighted by Crippen LogP contribution is -2.26. The second-order valence-corrected chi connectivity index (χ2v) is 6.14. The van der Waals surface area contributed by atoms with Gasteiger partial charge in [0.2, 0.25) is 6.10 Å². The maximum Gasteiger partial charge on any atom is 0.387 e. The summed E-state index contributed by atoms with van der Waals surface area (Å²) in [6.45, 7) is -1.41. The summed E-state index contributed by atoms with van der Waals surface area (Å²) in [6.07, 6.45) is 0.352. The van der Waals surface area contributed by atoms with E-state index in [4.69, 9.17) is 4.84 Å². The molecule has 2 aromatic rings. The highest BCUT2D eigenvalue weighted by Gasteiger charge is 2.14. The summed E-state index contributed by atoms with van der Waals surface area (Å²) in [6, 6.07) is 13.4. The third-order valence-electron chi connectivity index (χ3n) is 3.01. The molecular formula is C17H15F2IN2O3. The largest absolute Gasteiger partial charge is 0.434 e. The van der Waals surface area contributed by atoms with Crippen molar-refractivity contribution < 1.29 is 23.1 Å². The number of ether oxygens (including phenoxy) is 1. The standard InChI is InChI=1S/C17H15F2IN2O3/c1-11(16(23)22-14-7-4-6-13(20)9-14)25-21-10-12-5-2-3-8-15(12)24-17(18)19/h2-11,17H,1H3,(H,22,23)/b21-10+. The van der Waals surface area contributed by atoms with Crippen LogP contribution >= 0.6 is 22.6 Å². The van der Waals surface area contributed by atoms with Gasteiger partial charge in [-0.2, -0.15) is 8.78 Å². The van der Waals surface area contributed by atoms with Crippen LogP contribution in [0.3, 0.4) is 0 Å². The molecular weight excluding hydrogens is 445 g/mol. The van der Waals surface area contributed by atoms with Crippen LogP contribution in [0.2, 0.25) is 0 Å². The maximum absolute atomic E-state index is 12.3. The fourth-order valence-electron chi connectivity index (χ4n) is 1.83. The van der Waals surface area contributed by atoms with Crippen LogP contribution < -0.4 is 10.1 Å². The van der Waals surface area contributed by atoms with Crippen molar-refractivity contribution in [3.63, 3.8) is 0 Å². The van der Waals surface area contributed by atoms with E-state index in [1.807, 2.05) is 18.2 Å². The molecule has 0 saturated carbocycles. The lowest BCUT2D eigenvalue weighted by atomic mass is 10.2. The summed E-state index contributed by atoms with van der Waals surface area (Å²) in [5.74, 6) is -0.405. The third-order valence-corrected chi connectivity index (χ3v) is 3.68. The van der Waals surface area contributed by atoms with Gasteiger partial charge in [0.25, 0.3) is 5.91 Å². The number of rotatable bonds is 7. The van der Waals surface area contributed by atoms with Gasteiger partial charge < -0.3 is 14.9 Å². The molecule has 132 valence electrons. The van der Waals surface area contributed by atoms with Crippen molar-refractivity contribution in [3.05, 3.63) is 57.7 Å². The Bertz CT molecular complexity index is 756. The molecule has 1 atom stereocenters. The van der Waals surface area contributed by atoms with E-state index in [0.29, 0.717) is 11.3 Å². The highest BCUT2D eigenvalue weighted by atomic mass is 127. The molecule has 0 fully saturated rings. The number of anilines is 1. The van der Waals surface area contributed by atoms with Crippen molar-refractivity contribution in [1.82, 2.24) is 0 Å². The summed E-state index contributed by atoms with van der Waals surface area (Å²) in [7, 11) is 0. The van der Waals surface area contributed by atoms with Gasteiger partial charge in [-0.25, -0.2) is 0 Å². The number of nitrogens with zero attached hydrogens (tertiary/aromatic N) is 1. The van der Waals surface area contributed by atoms with E-state index in [1.165, 1.54) is 19.2 Å². The summed E-state index contributed by atoms with van der Waals surface area (Å²) in [5, 5.41) is 6.38. The molecule has 0 radical (unpaired) electrons. The lowest BCUT2D eigenvalue weighted by Gasteiger charge is -2.11. The molecule has 0 aromatic heterocycles. The van der Waals surface area contributed by atoms with Crippen LogP contribution in [-0.4, -0.2) is 24.8 Å². The minimum absolute atomic E-state index is 0.0270. The van der Waals surface area contributed by atoms with Gasteiger partial charge in [-0.3, -0.25) is 4.79 Å². The summed E-state index contributed by atoms with van der Waals surface area (Å²) >= 11 is 2.14. The van der Waals surface area contributed by atoms with E-state index >= 15 is 0 Å². The number of nitrogens with one attached hydrogen (secondary N) is 1. The lowest BCUT2D eigenvalue weighted by molar-refractivity contribution is -0.126. The average molecular weight is 460 g/mol. The molecule has 0 spiro atoms. The number of oxime groups is 1. The SMILES string of the molecule is CC(O/N=C/c1ccccc1OC(F)F)C(=O)Nc1cccc(I)c1. The van der Waals surface area contributed by atoms with Crippen LogP contribution in [0.5, 0.6) is 5.75 Å². The number of hydrogen-bond acceptors (Lipinski definition) is 4. The smallest absolute Gasteiger partial charge is 0.387 e. The fraction of sp³-hybridized carbons (Fsp3) is 0.176. The summed E-state index contributed by atoms with van der Waals surface area (Å²) < 4.78 is 30.0. The first kappa shape index (κ1) is 19.1. The summed E-state index contributed by atoms with van der Waals surface area (Å²) in [5.41, 5.74) is 0.958. The molecule has 5 nitrogen and oxygen atoms in total. The molecule has 2 rings (SSSR count). The van der Waals surface area contributed by atoms with Gasteiger partial charge in [0.1, 0.15) is 5.75 Å². The van der Waals surface area contributed by atoms with Gasteiger partial charge in [0.05, 0.1) is 6.21 Å². The number of alkyl halides is 2. The predicted octanol–water partition coefficient (Wildman–Crippen LogP) is 4.27. The molecule has 0 aliphatic carbocycles. The monoisotopic (exact) mass is 460 g/mol. The van der Waals surface area contributed by atoms with Crippen LogP contribution in [0.1, 0.15) is 12.5 Å². The average Bonchev–Trinajstić information content (AvgIpc) is 2.55. The van der Waals surface area contributed by atoms with E-state index in [-0.39, 0.29) is 11.7 Å². The molecule has 25 heavy (non-hydrogen) atoms. The summed E-state index contributed by atoms with van der Waals surface area (Å²) in [4.78, 5) is 17.1. The van der Waals surface area contributed by atoms with Crippen molar-refractivity contribution in [2.24, 2.45) is 5.16 Å². The Balaban J connectivity index is 1.94. The van der Waals surface area contributed by atoms with Crippen LogP contribution in [0, 0.1) is 3.57 Å². The zero-order valence-corrected chi connectivity index (χ0v) is 15.3. The number of halogens is 3. The van der Waals surface area contributed by atoms with E-state index < -0.39 is 12.7 Å². The Labute approximate surface area is 157 Å². The van der Waals surface area contributed by atoms with Gasteiger partial charge in [-0.15, -0.1) is 0 Å². The van der Waals surface area contributed by atoms with E-state index in [0.717, 1.165) is 3.57 Å². The Morgan fingerprint density at radius 1 is 1.24 bits per heavy atom. The Hall–Kier alpha value is -2.23. The topological polar surface area (TPSA) is 59.9 Å². The highest BCUT2D eigenvalue weighted by molar-refractivity contribution is 14.1. The van der Waals surface area contributed by atoms with Crippen molar-refractivity contribution in [2.45, 2.75) is 19.6 Å². The molecule has 0 heterocycles. The second kappa shape index (κ2) is 9.30. The Morgan fingerprint density at radius 3 is 2.72 bits per heavy atom. The van der Waals surface area contributed by atoms with E-state index in [1.54, 1.807) is 24.3 Å². The zero-order chi connectivity index (χ0) is 18.2. The number of carbonyl (C=O) groups excluding carboxylic acids is 1. The van der Waals surface area contributed by atoms with Crippen molar-refractivity contribution in [2.75, 3.05) is 5.32 Å². The molecule has 0 aliphatic heterocycles. The van der Waals surface area contributed by atoms with Crippen LogP contribution in [-0.2, 0) is 9.63 Å². The first-order chi connectivity index (χ1) is 12.0. The van der Waals surface area contributed by atoms with Crippen molar-refractivity contribution >= 4 is 40.4 Å². The first-order valence-corrected chi connectivity index (χ1v) is 8.33. The highest BCUT2D eigenvalue weighted by Crippen LogP contribution is 2.18. The number of amides is 1. The van der Waals surface area contributed by atoms with Gasteiger partial charge in [0.15, 0.2) is 0 Å². The molecule has 0 saturated heterocycles. The zero-order valence-electron chi connectivity index (χ0n) is 13.2. The molecule has 1 N–H and O–H groups in total. The fourth-order valence-corrected chi connectivity index (χ4v) is 2.37. The number of carbonyl (C=O) groups is 1. The number of hydrogen-bond donors (Lipinski definition) is 1. The van der Waals surface area contributed by atoms with Gasteiger partial charge in [0, 0.05) is 14.8 Å². The normalized spacial score (nSPS) is 12.2. The molecule has 0 aliphatic rings. The minimum atomic E-state index is -2.94. The van der Waals surface area contributed by atoms with Crippen LogP contribution in [0.25, 0.3) is 0 Å². The number of benzene rings is 2. The Morgan fingerprint density at radius 2 is 2.00 bits per heavy atom. The molecule has 0 bridgehead atoms. The molecule has 8 heteroatoms. The quantitative estimate of drug-likeness (QED) is 0.382.